The summed E-state index contributed by atoms with van der Waals surface area (Å²) in [6, 6.07) is 11.5. The van der Waals surface area contributed by atoms with Crippen LogP contribution in [0.15, 0.2) is 36.4 Å². The van der Waals surface area contributed by atoms with Crippen LogP contribution >= 0.6 is 0 Å². The molecule has 0 fully saturated rings. The molecule has 2 rings (SSSR count). The molecule has 6 nitrogen and oxygen atoms in total. The Labute approximate surface area is 142 Å². The minimum atomic E-state index is -3.41. The number of hydrogen-bond acceptors (Lipinski definition) is 4. The van der Waals surface area contributed by atoms with Gasteiger partial charge in [0.2, 0.25) is 5.91 Å². The van der Waals surface area contributed by atoms with Crippen LogP contribution in [0.1, 0.15) is 25.1 Å². The van der Waals surface area contributed by atoms with Crippen LogP contribution in [0.3, 0.4) is 0 Å². The van der Waals surface area contributed by atoms with E-state index in [0.717, 1.165) is 11.3 Å². The van der Waals surface area contributed by atoms with Crippen molar-refractivity contribution in [1.29, 1.82) is 0 Å². The summed E-state index contributed by atoms with van der Waals surface area (Å²) in [4.78, 5) is 12.1. The molecule has 7 heteroatoms. The Hall–Kier alpha value is -2.15. The number of nitrogens with one attached hydrogen (secondary N) is 1. The SMILES string of the molecule is Cc1cc(NC(=O)CS(=O)(=O)CC(C)C)n(Cc2ccccc2)n1. The Morgan fingerprint density at radius 3 is 2.54 bits per heavy atom. The molecule has 0 unspecified atom stereocenters. The van der Waals surface area contributed by atoms with Gasteiger partial charge in [-0.05, 0) is 18.4 Å². The molecule has 2 aromatic rings. The van der Waals surface area contributed by atoms with Crippen molar-refractivity contribution in [2.75, 3.05) is 16.8 Å². The zero-order valence-corrected chi connectivity index (χ0v) is 15.0. The summed E-state index contributed by atoms with van der Waals surface area (Å²) in [6.07, 6.45) is 0. The Morgan fingerprint density at radius 2 is 1.92 bits per heavy atom. The topological polar surface area (TPSA) is 81.1 Å². The van der Waals surface area contributed by atoms with Gasteiger partial charge in [-0.2, -0.15) is 5.10 Å². The summed E-state index contributed by atoms with van der Waals surface area (Å²) in [5.41, 5.74) is 1.80. The van der Waals surface area contributed by atoms with Crippen LogP contribution in [0.2, 0.25) is 0 Å². The lowest BCUT2D eigenvalue weighted by Gasteiger charge is -2.10. The molecule has 1 N–H and O–H groups in total. The molecule has 0 bridgehead atoms. The van der Waals surface area contributed by atoms with E-state index in [2.05, 4.69) is 10.4 Å². The molecule has 0 aliphatic rings. The van der Waals surface area contributed by atoms with Crippen molar-refractivity contribution in [1.82, 2.24) is 9.78 Å². The zero-order valence-electron chi connectivity index (χ0n) is 14.2. The molecule has 1 aromatic heterocycles. The predicted octanol–water partition coefficient (Wildman–Crippen LogP) is 2.25. The number of sulfone groups is 1. The molecule has 24 heavy (non-hydrogen) atoms. The average molecular weight is 349 g/mol. The van der Waals surface area contributed by atoms with E-state index >= 15 is 0 Å². The number of carbonyl (C=O) groups is 1. The number of aromatic nitrogens is 2. The maximum absolute atomic E-state index is 12.1. The number of amides is 1. The normalized spacial score (nSPS) is 11.7. The highest BCUT2D eigenvalue weighted by Crippen LogP contribution is 2.13. The van der Waals surface area contributed by atoms with Crippen LogP contribution in [0.25, 0.3) is 0 Å². The number of anilines is 1. The van der Waals surface area contributed by atoms with Crippen LogP contribution < -0.4 is 5.32 Å². The third-order valence-corrected chi connectivity index (χ3v) is 5.16. The fourth-order valence-corrected chi connectivity index (χ4v) is 4.07. The summed E-state index contributed by atoms with van der Waals surface area (Å²) in [5.74, 6) is -0.552. The molecule has 0 saturated heterocycles. The molecule has 0 aliphatic carbocycles. The number of carbonyl (C=O) groups excluding carboxylic acids is 1. The van der Waals surface area contributed by atoms with Gasteiger partial charge in [-0.1, -0.05) is 44.2 Å². The summed E-state index contributed by atoms with van der Waals surface area (Å²) in [6.45, 7) is 5.96. The van der Waals surface area contributed by atoms with E-state index in [9.17, 15) is 13.2 Å². The van der Waals surface area contributed by atoms with Crippen molar-refractivity contribution in [3.05, 3.63) is 47.7 Å². The predicted molar refractivity (Wildman–Crippen MR) is 94.6 cm³/mol. The number of benzene rings is 1. The van der Waals surface area contributed by atoms with Gasteiger partial charge >= 0.3 is 0 Å². The van der Waals surface area contributed by atoms with Crippen molar-refractivity contribution in [3.8, 4) is 0 Å². The first-order chi connectivity index (χ1) is 11.2. The van der Waals surface area contributed by atoms with Crippen LogP contribution in [-0.2, 0) is 21.2 Å². The first-order valence-electron chi connectivity index (χ1n) is 7.84. The molecular weight excluding hydrogens is 326 g/mol. The maximum atomic E-state index is 12.1. The van der Waals surface area contributed by atoms with Gasteiger partial charge < -0.3 is 5.32 Å². The van der Waals surface area contributed by atoms with E-state index in [1.807, 2.05) is 51.1 Å². The number of hydrogen-bond donors (Lipinski definition) is 1. The lowest BCUT2D eigenvalue weighted by Crippen LogP contribution is -2.27. The highest BCUT2D eigenvalue weighted by molar-refractivity contribution is 7.92. The lowest BCUT2D eigenvalue weighted by atomic mass is 10.2. The van der Waals surface area contributed by atoms with Gasteiger partial charge in [0.15, 0.2) is 9.84 Å². The third kappa shape index (κ3) is 5.49. The minimum absolute atomic E-state index is 0.00270. The fraction of sp³-hybridized carbons (Fsp3) is 0.412. The zero-order chi connectivity index (χ0) is 17.7. The number of rotatable bonds is 7. The van der Waals surface area contributed by atoms with Crippen molar-refractivity contribution in [2.24, 2.45) is 5.92 Å². The van der Waals surface area contributed by atoms with E-state index < -0.39 is 21.5 Å². The van der Waals surface area contributed by atoms with E-state index in [1.165, 1.54) is 0 Å². The molecule has 1 heterocycles. The van der Waals surface area contributed by atoms with E-state index in [-0.39, 0.29) is 11.7 Å². The third-order valence-electron chi connectivity index (χ3n) is 3.28. The Bertz CT molecular complexity index is 796. The van der Waals surface area contributed by atoms with Gasteiger partial charge in [0, 0.05) is 6.07 Å². The molecule has 1 aromatic carbocycles. The first kappa shape index (κ1) is 18.2. The molecular formula is C17H23N3O3S. The Kier molecular flexibility index (Phi) is 5.77. The van der Waals surface area contributed by atoms with Crippen molar-refractivity contribution in [3.63, 3.8) is 0 Å². The average Bonchev–Trinajstić information content (AvgIpc) is 2.77. The second-order valence-electron chi connectivity index (χ2n) is 6.31. The van der Waals surface area contributed by atoms with Gasteiger partial charge in [-0.15, -0.1) is 0 Å². The van der Waals surface area contributed by atoms with E-state index in [4.69, 9.17) is 0 Å². The van der Waals surface area contributed by atoms with Crippen molar-refractivity contribution < 1.29 is 13.2 Å². The van der Waals surface area contributed by atoms with E-state index in [0.29, 0.717) is 12.4 Å². The Morgan fingerprint density at radius 1 is 1.25 bits per heavy atom. The summed E-state index contributed by atoms with van der Waals surface area (Å²) >= 11 is 0. The van der Waals surface area contributed by atoms with Crippen molar-refractivity contribution >= 4 is 21.6 Å². The largest absolute Gasteiger partial charge is 0.310 e. The summed E-state index contributed by atoms with van der Waals surface area (Å²) < 4.78 is 25.5. The van der Waals surface area contributed by atoms with Gasteiger partial charge in [0.25, 0.3) is 0 Å². The van der Waals surface area contributed by atoms with Gasteiger partial charge in [-0.25, -0.2) is 13.1 Å². The maximum Gasteiger partial charge on any atom is 0.240 e. The molecule has 0 saturated carbocycles. The quantitative estimate of drug-likeness (QED) is 0.831. The number of nitrogens with zero attached hydrogens (tertiary/aromatic N) is 2. The lowest BCUT2D eigenvalue weighted by molar-refractivity contribution is -0.113. The smallest absolute Gasteiger partial charge is 0.240 e. The molecule has 0 atom stereocenters. The molecule has 0 spiro atoms. The molecule has 1 amide bonds. The second kappa shape index (κ2) is 7.61. The standard InChI is InChI=1S/C17H23N3O3S/c1-13(2)11-24(22,23)12-17(21)18-16-9-14(3)19-20(16)10-15-7-5-4-6-8-15/h4-9,13H,10-12H2,1-3H3,(H,18,21). The van der Waals surface area contributed by atoms with Gasteiger partial charge in [0.05, 0.1) is 18.0 Å². The molecule has 0 aliphatic heterocycles. The van der Waals surface area contributed by atoms with Crippen LogP contribution in [0.4, 0.5) is 5.82 Å². The number of aryl methyl sites for hydroxylation is 1. The van der Waals surface area contributed by atoms with Gasteiger partial charge in [-0.3, -0.25) is 4.79 Å². The van der Waals surface area contributed by atoms with Crippen LogP contribution in [-0.4, -0.2) is 35.6 Å². The van der Waals surface area contributed by atoms with Crippen LogP contribution in [0.5, 0.6) is 0 Å². The molecule has 130 valence electrons. The molecule has 0 radical (unpaired) electrons. The summed E-state index contributed by atoms with van der Waals surface area (Å²) in [7, 11) is -3.41. The first-order valence-corrected chi connectivity index (χ1v) is 9.66. The van der Waals surface area contributed by atoms with E-state index in [1.54, 1.807) is 10.7 Å². The minimum Gasteiger partial charge on any atom is -0.310 e. The monoisotopic (exact) mass is 349 g/mol. The highest BCUT2D eigenvalue weighted by atomic mass is 32.2. The Balaban J connectivity index is 2.08. The van der Waals surface area contributed by atoms with Gasteiger partial charge in [0.1, 0.15) is 11.6 Å². The highest BCUT2D eigenvalue weighted by Gasteiger charge is 2.19. The summed E-state index contributed by atoms with van der Waals surface area (Å²) in [5, 5.41) is 7.02. The van der Waals surface area contributed by atoms with Crippen LogP contribution in [0, 0.1) is 12.8 Å². The van der Waals surface area contributed by atoms with Crippen molar-refractivity contribution in [2.45, 2.75) is 27.3 Å². The fourth-order valence-electron chi connectivity index (χ4n) is 2.47. The second-order valence-corrected chi connectivity index (χ2v) is 8.42.